The largest absolute Gasteiger partial charge is 0.352 e. The molecule has 1 amide bonds. The van der Waals surface area contributed by atoms with Crippen LogP contribution in [0.3, 0.4) is 0 Å². The number of carbonyl (C=O) groups excluding carboxylic acids is 1. The lowest BCUT2D eigenvalue weighted by Crippen LogP contribution is -2.50. The van der Waals surface area contributed by atoms with E-state index in [1.807, 2.05) is 0 Å². The third-order valence-corrected chi connectivity index (χ3v) is 6.91. The zero-order chi connectivity index (χ0) is 17.4. The summed E-state index contributed by atoms with van der Waals surface area (Å²) < 4.78 is 0. The summed E-state index contributed by atoms with van der Waals surface area (Å²) in [6.07, 6.45) is 7.56. The molecule has 0 atom stereocenters. The summed E-state index contributed by atoms with van der Waals surface area (Å²) in [5.74, 6) is 1.69. The fraction of sp³-hybridized carbons (Fsp3) is 0.632. The Morgan fingerprint density at radius 1 is 1.08 bits per heavy atom. The Labute approximate surface area is 153 Å². The quantitative estimate of drug-likeness (QED) is 0.824. The van der Waals surface area contributed by atoms with Gasteiger partial charge in [-0.05, 0) is 32.3 Å². The predicted octanol–water partition coefficient (Wildman–Crippen LogP) is 3.54. The van der Waals surface area contributed by atoms with Crippen LogP contribution in [0.1, 0.15) is 42.5 Å². The number of hydrogen-bond donors (Lipinski definition) is 0. The summed E-state index contributed by atoms with van der Waals surface area (Å²) in [7, 11) is 0. The smallest absolute Gasteiger partial charge is 0.225 e. The molecule has 0 N–H and O–H groups in total. The van der Waals surface area contributed by atoms with Crippen LogP contribution < -0.4 is 4.90 Å². The second kappa shape index (κ2) is 6.90. The first-order valence-electron chi connectivity index (χ1n) is 9.39. The van der Waals surface area contributed by atoms with E-state index < -0.39 is 0 Å². The number of aryl methyl sites for hydroxylation is 2. The van der Waals surface area contributed by atoms with Crippen LogP contribution >= 0.6 is 11.3 Å². The molecule has 4 rings (SSSR count). The number of nitrogens with zero attached hydrogens (tertiary/aromatic N) is 4. The third kappa shape index (κ3) is 3.12. The summed E-state index contributed by atoms with van der Waals surface area (Å²) in [5, 5.41) is 1.19. The van der Waals surface area contributed by atoms with E-state index in [9.17, 15) is 4.79 Å². The molecule has 2 aromatic heterocycles. The number of amides is 1. The number of thiophene rings is 1. The van der Waals surface area contributed by atoms with Crippen LogP contribution in [0.15, 0.2) is 6.33 Å². The predicted molar refractivity (Wildman–Crippen MR) is 102 cm³/mol. The van der Waals surface area contributed by atoms with Crippen LogP contribution in [-0.4, -0.2) is 47.0 Å². The molecule has 0 spiro atoms. The van der Waals surface area contributed by atoms with Crippen LogP contribution in [0, 0.1) is 19.8 Å². The molecule has 6 heteroatoms. The summed E-state index contributed by atoms with van der Waals surface area (Å²) in [6.45, 7) is 7.64. The van der Waals surface area contributed by atoms with E-state index >= 15 is 0 Å². The third-order valence-electron chi connectivity index (χ3n) is 5.79. The molecule has 1 saturated carbocycles. The summed E-state index contributed by atoms with van der Waals surface area (Å²) >= 11 is 1.74. The fourth-order valence-electron chi connectivity index (χ4n) is 4.15. The van der Waals surface area contributed by atoms with Gasteiger partial charge in [-0.1, -0.05) is 19.3 Å². The van der Waals surface area contributed by atoms with Crippen molar-refractivity contribution in [3.8, 4) is 0 Å². The maximum atomic E-state index is 12.7. The van der Waals surface area contributed by atoms with Gasteiger partial charge in [-0.15, -0.1) is 11.3 Å². The van der Waals surface area contributed by atoms with E-state index in [0.29, 0.717) is 5.91 Å². The van der Waals surface area contributed by atoms with Crippen LogP contribution in [0.25, 0.3) is 10.2 Å². The molecule has 2 fully saturated rings. The minimum Gasteiger partial charge on any atom is -0.352 e. The van der Waals surface area contributed by atoms with E-state index in [1.165, 1.54) is 35.1 Å². The lowest BCUT2D eigenvalue weighted by atomic mass is 9.88. The van der Waals surface area contributed by atoms with Gasteiger partial charge in [-0.3, -0.25) is 4.79 Å². The topological polar surface area (TPSA) is 49.3 Å². The van der Waals surface area contributed by atoms with Gasteiger partial charge >= 0.3 is 0 Å². The average molecular weight is 359 g/mol. The molecule has 2 aromatic rings. The average Bonchev–Trinajstić information content (AvgIpc) is 2.96. The van der Waals surface area contributed by atoms with E-state index in [1.54, 1.807) is 17.7 Å². The molecule has 0 radical (unpaired) electrons. The lowest BCUT2D eigenvalue weighted by Gasteiger charge is -2.37. The minimum absolute atomic E-state index is 0.271. The van der Waals surface area contributed by atoms with Gasteiger partial charge in [0.25, 0.3) is 0 Å². The number of anilines is 1. The molecule has 3 heterocycles. The zero-order valence-corrected chi connectivity index (χ0v) is 15.9. The highest BCUT2D eigenvalue weighted by Crippen LogP contribution is 2.34. The lowest BCUT2D eigenvalue weighted by molar-refractivity contribution is -0.136. The van der Waals surface area contributed by atoms with Crippen molar-refractivity contribution in [1.82, 2.24) is 14.9 Å². The van der Waals surface area contributed by atoms with Gasteiger partial charge in [-0.25, -0.2) is 9.97 Å². The van der Waals surface area contributed by atoms with Gasteiger partial charge in [0.1, 0.15) is 17.0 Å². The Bertz CT molecular complexity index is 773. The molecule has 25 heavy (non-hydrogen) atoms. The van der Waals surface area contributed by atoms with Gasteiger partial charge in [-0.2, -0.15) is 0 Å². The van der Waals surface area contributed by atoms with Gasteiger partial charge in [0.15, 0.2) is 0 Å². The van der Waals surface area contributed by atoms with Crippen molar-refractivity contribution in [2.45, 2.75) is 46.0 Å². The fourth-order valence-corrected chi connectivity index (χ4v) is 5.14. The van der Waals surface area contributed by atoms with Crippen LogP contribution in [0.4, 0.5) is 5.82 Å². The van der Waals surface area contributed by atoms with Gasteiger partial charge in [0.05, 0.1) is 5.39 Å². The van der Waals surface area contributed by atoms with Crippen molar-refractivity contribution in [3.63, 3.8) is 0 Å². The normalized spacial score (nSPS) is 19.6. The van der Waals surface area contributed by atoms with Crippen molar-refractivity contribution >= 4 is 33.3 Å². The number of fused-ring (bicyclic) bond motifs is 1. The molecule has 1 aliphatic heterocycles. The van der Waals surface area contributed by atoms with Crippen LogP contribution in [0.2, 0.25) is 0 Å². The highest BCUT2D eigenvalue weighted by molar-refractivity contribution is 7.18. The number of piperazine rings is 1. The van der Waals surface area contributed by atoms with Crippen LogP contribution in [0.5, 0.6) is 0 Å². The minimum atomic E-state index is 0.271. The number of rotatable bonds is 2. The molecule has 134 valence electrons. The second-order valence-electron chi connectivity index (χ2n) is 7.31. The first kappa shape index (κ1) is 16.8. The number of carbonyl (C=O) groups is 1. The Balaban J connectivity index is 1.48. The molecule has 5 nitrogen and oxygen atoms in total. The van der Waals surface area contributed by atoms with Crippen LogP contribution in [-0.2, 0) is 4.79 Å². The Morgan fingerprint density at radius 3 is 2.52 bits per heavy atom. The van der Waals surface area contributed by atoms with E-state index in [0.717, 1.165) is 49.7 Å². The van der Waals surface area contributed by atoms with Gasteiger partial charge in [0, 0.05) is 37.0 Å². The standard InChI is InChI=1S/C19H26N4OS/c1-13-14(2)25-18-16(13)17(20-12-21-18)22-8-10-23(11-9-22)19(24)15-6-4-3-5-7-15/h12,15H,3-11H2,1-2H3. The summed E-state index contributed by atoms with van der Waals surface area (Å²) in [4.78, 5) is 28.6. The molecule has 0 aromatic carbocycles. The monoisotopic (exact) mass is 358 g/mol. The molecule has 0 unspecified atom stereocenters. The van der Waals surface area contributed by atoms with Crippen molar-refractivity contribution in [1.29, 1.82) is 0 Å². The molecular weight excluding hydrogens is 332 g/mol. The Kier molecular flexibility index (Phi) is 4.63. The second-order valence-corrected chi connectivity index (χ2v) is 8.51. The SMILES string of the molecule is Cc1sc2ncnc(N3CCN(C(=O)C4CCCCC4)CC3)c2c1C. The van der Waals surface area contributed by atoms with Gasteiger partial charge < -0.3 is 9.80 Å². The maximum Gasteiger partial charge on any atom is 0.225 e. The van der Waals surface area contributed by atoms with Crippen molar-refractivity contribution in [2.75, 3.05) is 31.1 Å². The summed E-state index contributed by atoms with van der Waals surface area (Å²) in [6, 6.07) is 0. The van der Waals surface area contributed by atoms with E-state index in [-0.39, 0.29) is 5.92 Å². The molecular formula is C19H26N4OS. The number of aromatic nitrogens is 2. The molecule has 1 saturated heterocycles. The maximum absolute atomic E-state index is 12.7. The molecule has 1 aliphatic carbocycles. The highest BCUT2D eigenvalue weighted by atomic mass is 32.1. The number of hydrogen-bond acceptors (Lipinski definition) is 5. The highest BCUT2D eigenvalue weighted by Gasteiger charge is 2.29. The Morgan fingerprint density at radius 2 is 1.80 bits per heavy atom. The Hall–Kier alpha value is -1.69. The first-order valence-corrected chi connectivity index (χ1v) is 10.2. The van der Waals surface area contributed by atoms with E-state index in [4.69, 9.17) is 0 Å². The summed E-state index contributed by atoms with van der Waals surface area (Å²) in [5.41, 5.74) is 1.29. The zero-order valence-electron chi connectivity index (χ0n) is 15.1. The van der Waals surface area contributed by atoms with Crippen molar-refractivity contribution in [2.24, 2.45) is 5.92 Å². The van der Waals surface area contributed by atoms with Gasteiger partial charge in [0.2, 0.25) is 5.91 Å². The van der Waals surface area contributed by atoms with Crippen molar-refractivity contribution in [3.05, 3.63) is 16.8 Å². The van der Waals surface area contributed by atoms with Crippen molar-refractivity contribution < 1.29 is 4.79 Å². The molecule has 2 aliphatic rings. The first-order chi connectivity index (χ1) is 12.1. The molecule has 0 bridgehead atoms. The van der Waals surface area contributed by atoms with E-state index in [2.05, 4.69) is 33.6 Å².